The van der Waals surface area contributed by atoms with Crippen molar-refractivity contribution in [3.8, 4) is 5.69 Å². The van der Waals surface area contributed by atoms with Crippen molar-refractivity contribution in [2.75, 3.05) is 5.32 Å². The van der Waals surface area contributed by atoms with Crippen LogP contribution in [0.3, 0.4) is 0 Å². The molecule has 3 aromatic rings. The number of carbonyl (C=O) groups excluding carboxylic acids is 2. The molecule has 0 bridgehead atoms. The number of ketones is 1. The second-order valence-corrected chi connectivity index (χ2v) is 9.72. The second kappa shape index (κ2) is 7.85. The van der Waals surface area contributed by atoms with Crippen LogP contribution in [-0.2, 0) is 12.8 Å². The fraction of sp³-hybridized carbons (Fsp3) is 0.348. The van der Waals surface area contributed by atoms with Gasteiger partial charge in [-0.1, -0.05) is 49.8 Å². The Balaban J connectivity index is 1.88. The molecule has 0 radical (unpaired) electrons. The molecule has 1 aliphatic carbocycles. The first kappa shape index (κ1) is 21.1. The maximum Gasteiger partial charge on any atom is 0.268 e. The average Bonchev–Trinajstić information content (AvgIpc) is 3.15. The van der Waals surface area contributed by atoms with Gasteiger partial charge in [-0.25, -0.2) is 0 Å². The molecule has 0 fully saturated rings. The SMILES string of the molecule is CCc1nnc(NC(=O)c2c3c(cn(-c4ccc(C)cc4)c2=O)C(=O)CC(C)(C)C3)s1. The van der Waals surface area contributed by atoms with Gasteiger partial charge in [0.15, 0.2) is 5.78 Å². The van der Waals surface area contributed by atoms with Crippen LogP contribution in [0.15, 0.2) is 35.3 Å². The van der Waals surface area contributed by atoms with Crippen LogP contribution in [0.25, 0.3) is 5.69 Å². The molecule has 1 aliphatic rings. The molecular formula is C23H24N4O3S. The third-order valence-corrected chi connectivity index (χ3v) is 6.42. The lowest BCUT2D eigenvalue weighted by atomic mass is 9.73. The topological polar surface area (TPSA) is 93.9 Å². The van der Waals surface area contributed by atoms with Crippen molar-refractivity contribution >= 4 is 28.2 Å². The summed E-state index contributed by atoms with van der Waals surface area (Å²) < 4.78 is 1.39. The lowest BCUT2D eigenvalue weighted by molar-refractivity contribution is 0.0910. The number of hydrogen-bond acceptors (Lipinski definition) is 6. The van der Waals surface area contributed by atoms with E-state index < -0.39 is 11.5 Å². The lowest BCUT2D eigenvalue weighted by Crippen LogP contribution is -2.37. The Labute approximate surface area is 184 Å². The van der Waals surface area contributed by atoms with E-state index in [1.54, 1.807) is 18.3 Å². The van der Waals surface area contributed by atoms with Gasteiger partial charge in [0.2, 0.25) is 5.13 Å². The Morgan fingerprint density at radius 1 is 1.16 bits per heavy atom. The molecule has 0 spiro atoms. The average molecular weight is 437 g/mol. The summed E-state index contributed by atoms with van der Waals surface area (Å²) in [4.78, 5) is 39.7. The molecule has 1 aromatic carbocycles. The van der Waals surface area contributed by atoms with Crippen LogP contribution < -0.4 is 10.9 Å². The van der Waals surface area contributed by atoms with Crippen molar-refractivity contribution in [3.63, 3.8) is 0 Å². The van der Waals surface area contributed by atoms with Crippen LogP contribution in [0.4, 0.5) is 5.13 Å². The summed E-state index contributed by atoms with van der Waals surface area (Å²) in [7, 11) is 0. The summed E-state index contributed by atoms with van der Waals surface area (Å²) in [5, 5.41) is 11.8. The summed E-state index contributed by atoms with van der Waals surface area (Å²) in [6.45, 7) is 7.85. The zero-order valence-corrected chi connectivity index (χ0v) is 18.8. The van der Waals surface area contributed by atoms with Gasteiger partial charge in [-0.2, -0.15) is 0 Å². The highest BCUT2D eigenvalue weighted by atomic mass is 32.1. The lowest BCUT2D eigenvalue weighted by Gasteiger charge is -2.31. The highest BCUT2D eigenvalue weighted by molar-refractivity contribution is 7.15. The van der Waals surface area contributed by atoms with Gasteiger partial charge in [-0.3, -0.25) is 24.3 Å². The molecule has 0 saturated carbocycles. The van der Waals surface area contributed by atoms with Crippen LogP contribution in [-0.4, -0.2) is 26.5 Å². The Bertz CT molecular complexity index is 1240. The van der Waals surface area contributed by atoms with Gasteiger partial charge >= 0.3 is 0 Å². The van der Waals surface area contributed by atoms with Crippen LogP contribution in [0.2, 0.25) is 0 Å². The first-order valence-corrected chi connectivity index (χ1v) is 11.0. The van der Waals surface area contributed by atoms with Crippen LogP contribution >= 0.6 is 11.3 Å². The van der Waals surface area contributed by atoms with Crippen molar-refractivity contribution in [2.45, 2.75) is 47.0 Å². The molecule has 160 valence electrons. The molecule has 0 unspecified atom stereocenters. The molecule has 31 heavy (non-hydrogen) atoms. The van der Waals surface area contributed by atoms with Crippen LogP contribution in [0, 0.1) is 12.3 Å². The maximum absolute atomic E-state index is 13.5. The number of pyridine rings is 1. The fourth-order valence-corrected chi connectivity index (χ4v) is 4.56. The first-order valence-electron chi connectivity index (χ1n) is 10.2. The summed E-state index contributed by atoms with van der Waals surface area (Å²) in [6, 6.07) is 7.39. The molecule has 4 rings (SSSR count). The molecule has 8 heteroatoms. The second-order valence-electron chi connectivity index (χ2n) is 8.66. The van der Waals surface area contributed by atoms with Crippen molar-refractivity contribution in [2.24, 2.45) is 5.41 Å². The van der Waals surface area contributed by atoms with E-state index >= 15 is 0 Å². The summed E-state index contributed by atoms with van der Waals surface area (Å²) in [5.41, 5.74) is 1.80. The molecule has 7 nitrogen and oxygen atoms in total. The number of carbonyl (C=O) groups is 2. The summed E-state index contributed by atoms with van der Waals surface area (Å²) in [5.74, 6) is -0.627. The van der Waals surface area contributed by atoms with E-state index in [1.807, 2.05) is 39.8 Å². The van der Waals surface area contributed by atoms with Crippen LogP contribution in [0.1, 0.15) is 64.0 Å². The van der Waals surface area contributed by atoms with Gasteiger partial charge in [0.05, 0.1) is 0 Å². The molecule has 1 amide bonds. The number of anilines is 1. The minimum Gasteiger partial charge on any atom is -0.296 e. The highest BCUT2D eigenvalue weighted by Crippen LogP contribution is 2.36. The number of aromatic nitrogens is 3. The smallest absolute Gasteiger partial charge is 0.268 e. The van der Waals surface area contributed by atoms with Crippen molar-refractivity contribution in [3.05, 3.63) is 68.1 Å². The number of Topliss-reactive ketones (excluding diaryl/α,β-unsaturated/α-hetero) is 1. The number of hydrogen-bond donors (Lipinski definition) is 1. The quantitative estimate of drug-likeness (QED) is 0.668. The van der Waals surface area contributed by atoms with Gasteiger partial charge in [0, 0.05) is 23.9 Å². The van der Waals surface area contributed by atoms with Crippen molar-refractivity contribution < 1.29 is 9.59 Å². The minimum atomic E-state index is -0.563. The predicted molar refractivity (Wildman–Crippen MR) is 120 cm³/mol. The fourth-order valence-electron chi connectivity index (χ4n) is 3.88. The number of amides is 1. The van der Waals surface area contributed by atoms with E-state index in [1.165, 1.54) is 15.9 Å². The Morgan fingerprint density at radius 3 is 2.52 bits per heavy atom. The number of aryl methyl sites for hydroxylation is 2. The van der Waals surface area contributed by atoms with Crippen molar-refractivity contribution in [1.29, 1.82) is 0 Å². The zero-order chi connectivity index (χ0) is 22.3. The normalized spacial score (nSPS) is 14.9. The summed E-state index contributed by atoms with van der Waals surface area (Å²) >= 11 is 1.27. The van der Waals surface area contributed by atoms with E-state index in [9.17, 15) is 14.4 Å². The molecule has 0 saturated heterocycles. The first-order chi connectivity index (χ1) is 14.7. The van der Waals surface area contributed by atoms with E-state index in [2.05, 4.69) is 15.5 Å². The van der Waals surface area contributed by atoms with E-state index in [4.69, 9.17) is 0 Å². The van der Waals surface area contributed by atoms with Gasteiger partial charge in [0.1, 0.15) is 10.6 Å². The Kier molecular flexibility index (Phi) is 5.35. The third-order valence-electron chi connectivity index (χ3n) is 5.44. The summed E-state index contributed by atoms with van der Waals surface area (Å²) in [6.07, 6.45) is 3.12. The van der Waals surface area contributed by atoms with Gasteiger partial charge in [-0.15, -0.1) is 10.2 Å². The Morgan fingerprint density at radius 2 is 1.87 bits per heavy atom. The van der Waals surface area contributed by atoms with Crippen LogP contribution in [0.5, 0.6) is 0 Å². The van der Waals surface area contributed by atoms with E-state index in [-0.39, 0.29) is 16.8 Å². The monoisotopic (exact) mass is 436 g/mol. The molecule has 1 N–H and O–H groups in total. The zero-order valence-electron chi connectivity index (χ0n) is 18.0. The number of fused-ring (bicyclic) bond motifs is 1. The van der Waals surface area contributed by atoms with Gasteiger partial charge < -0.3 is 0 Å². The number of benzene rings is 1. The number of rotatable bonds is 4. The Hall–Kier alpha value is -3.13. The third kappa shape index (κ3) is 4.07. The van der Waals surface area contributed by atoms with Crippen molar-refractivity contribution in [1.82, 2.24) is 14.8 Å². The molecular weight excluding hydrogens is 412 g/mol. The molecule has 0 atom stereocenters. The van der Waals surface area contributed by atoms with E-state index in [0.717, 1.165) is 10.6 Å². The predicted octanol–water partition coefficient (Wildman–Crippen LogP) is 3.97. The standard InChI is InChI=1S/C23H24N4O3S/c1-5-18-25-26-22(31-18)24-20(29)19-15-10-23(3,4)11-17(28)16(15)12-27(21(19)30)14-8-6-13(2)7-9-14/h6-9,12H,5,10-11H2,1-4H3,(H,24,26,29). The minimum absolute atomic E-state index is 0.00699. The van der Waals surface area contributed by atoms with Gasteiger partial charge in [0.25, 0.3) is 11.5 Å². The largest absolute Gasteiger partial charge is 0.296 e. The maximum atomic E-state index is 13.5. The molecule has 2 aromatic heterocycles. The molecule has 2 heterocycles. The highest BCUT2D eigenvalue weighted by Gasteiger charge is 2.36. The number of nitrogens with zero attached hydrogens (tertiary/aromatic N) is 3. The van der Waals surface area contributed by atoms with Gasteiger partial charge in [-0.05, 0) is 42.9 Å². The number of nitrogens with one attached hydrogen (secondary N) is 1. The molecule has 0 aliphatic heterocycles. The van der Waals surface area contributed by atoms with E-state index in [0.29, 0.717) is 41.2 Å².